The Hall–Kier alpha value is -1.16. The van der Waals surface area contributed by atoms with Gasteiger partial charge in [0.2, 0.25) is 5.95 Å². The van der Waals surface area contributed by atoms with Crippen LogP contribution in [0.3, 0.4) is 0 Å². The monoisotopic (exact) mass is 276 g/mol. The lowest BCUT2D eigenvalue weighted by molar-refractivity contribution is 0.441. The van der Waals surface area contributed by atoms with E-state index in [4.69, 9.17) is 4.98 Å². The lowest BCUT2D eigenvalue weighted by atomic mass is 10.0. The van der Waals surface area contributed by atoms with Gasteiger partial charge in [-0.1, -0.05) is 20.8 Å². The first-order chi connectivity index (χ1) is 9.56. The molecule has 1 unspecified atom stereocenters. The van der Waals surface area contributed by atoms with Crippen molar-refractivity contribution in [1.82, 2.24) is 15.3 Å². The summed E-state index contributed by atoms with van der Waals surface area (Å²) in [5.41, 5.74) is 2.31. The van der Waals surface area contributed by atoms with Gasteiger partial charge in [-0.2, -0.15) is 0 Å². The van der Waals surface area contributed by atoms with E-state index >= 15 is 0 Å². The van der Waals surface area contributed by atoms with Gasteiger partial charge in [0.05, 0.1) is 0 Å². The zero-order valence-corrected chi connectivity index (χ0v) is 13.3. The molecular weight excluding hydrogens is 248 g/mol. The molecule has 0 aliphatic carbocycles. The average Bonchev–Trinajstić information content (AvgIpc) is 2.40. The third-order valence-electron chi connectivity index (χ3n) is 3.88. The molecule has 0 radical (unpaired) electrons. The van der Waals surface area contributed by atoms with Crippen LogP contribution in [0.5, 0.6) is 0 Å². The molecule has 20 heavy (non-hydrogen) atoms. The van der Waals surface area contributed by atoms with Gasteiger partial charge < -0.3 is 10.2 Å². The van der Waals surface area contributed by atoms with Crippen LogP contribution in [0, 0.1) is 18.8 Å². The molecular formula is C16H28N4. The predicted octanol–water partition coefficient (Wildman–Crippen LogP) is 2.77. The highest BCUT2D eigenvalue weighted by Gasteiger charge is 2.19. The smallest absolute Gasteiger partial charge is 0.225 e. The Morgan fingerprint density at radius 3 is 2.90 bits per heavy atom. The van der Waals surface area contributed by atoms with Crippen molar-refractivity contribution >= 4 is 5.95 Å². The quantitative estimate of drug-likeness (QED) is 0.898. The minimum atomic E-state index is 0.672. The van der Waals surface area contributed by atoms with E-state index in [2.05, 4.69) is 42.9 Å². The minimum Gasteiger partial charge on any atom is -0.341 e. The Morgan fingerprint density at radius 1 is 1.45 bits per heavy atom. The number of anilines is 1. The van der Waals surface area contributed by atoms with Crippen molar-refractivity contribution in [2.45, 2.75) is 47.1 Å². The molecule has 0 saturated carbocycles. The summed E-state index contributed by atoms with van der Waals surface area (Å²) in [4.78, 5) is 11.6. The van der Waals surface area contributed by atoms with Gasteiger partial charge in [0.15, 0.2) is 0 Å². The van der Waals surface area contributed by atoms with Crippen LogP contribution in [0.1, 0.15) is 44.9 Å². The maximum atomic E-state index is 4.70. The van der Waals surface area contributed by atoms with E-state index in [0.717, 1.165) is 43.7 Å². The third kappa shape index (κ3) is 4.17. The van der Waals surface area contributed by atoms with Crippen LogP contribution in [-0.2, 0) is 6.54 Å². The maximum absolute atomic E-state index is 4.70. The van der Waals surface area contributed by atoms with Crippen molar-refractivity contribution in [3.05, 3.63) is 17.5 Å². The number of aryl methyl sites for hydroxylation is 1. The molecule has 1 aliphatic rings. The molecule has 2 rings (SSSR count). The van der Waals surface area contributed by atoms with Crippen LogP contribution in [0.2, 0.25) is 0 Å². The van der Waals surface area contributed by atoms with E-state index in [-0.39, 0.29) is 0 Å². The van der Waals surface area contributed by atoms with Gasteiger partial charge in [0.25, 0.3) is 0 Å². The summed E-state index contributed by atoms with van der Waals surface area (Å²) >= 11 is 0. The van der Waals surface area contributed by atoms with Crippen molar-refractivity contribution in [3.63, 3.8) is 0 Å². The van der Waals surface area contributed by atoms with E-state index in [9.17, 15) is 0 Å². The fraction of sp³-hybridized carbons (Fsp3) is 0.750. The standard InChI is InChI=1S/C16H28N4/c1-12(2)8-17-9-15-10-18-16(19-14(15)4)20-7-5-6-13(3)11-20/h10,12-13,17H,5-9,11H2,1-4H3. The first kappa shape index (κ1) is 15.2. The summed E-state index contributed by atoms with van der Waals surface area (Å²) in [5, 5.41) is 3.45. The molecule has 112 valence electrons. The minimum absolute atomic E-state index is 0.672. The molecule has 0 spiro atoms. The summed E-state index contributed by atoms with van der Waals surface area (Å²) < 4.78 is 0. The molecule has 1 aromatic rings. The molecule has 2 heterocycles. The predicted molar refractivity (Wildman–Crippen MR) is 83.9 cm³/mol. The Morgan fingerprint density at radius 2 is 2.25 bits per heavy atom. The first-order valence-electron chi connectivity index (χ1n) is 7.84. The van der Waals surface area contributed by atoms with Gasteiger partial charge in [-0.25, -0.2) is 9.97 Å². The lowest BCUT2D eigenvalue weighted by Gasteiger charge is -2.31. The molecule has 0 amide bonds. The zero-order valence-electron chi connectivity index (χ0n) is 13.3. The summed E-state index contributed by atoms with van der Waals surface area (Å²) in [6.45, 7) is 12.9. The van der Waals surface area contributed by atoms with Crippen molar-refractivity contribution in [3.8, 4) is 0 Å². The highest BCUT2D eigenvalue weighted by atomic mass is 15.3. The second-order valence-corrected chi connectivity index (χ2v) is 6.50. The number of rotatable bonds is 5. The number of nitrogens with one attached hydrogen (secondary N) is 1. The van der Waals surface area contributed by atoms with E-state index in [0.29, 0.717) is 5.92 Å². The molecule has 1 atom stereocenters. The molecule has 1 aliphatic heterocycles. The molecule has 4 heteroatoms. The second-order valence-electron chi connectivity index (χ2n) is 6.50. The van der Waals surface area contributed by atoms with Crippen LogP contribution < -0.4 is 10.2 Å². The van der Waals surface area contributed by atoms with Gasteiger partial charge in [-0.05, 0) is 38.1 Å². The van der Waals surface area contributed by atoms with Crippen molar-refractivity contribution in [2.24, 2.45) is 11.8 Å². The third-order valence-corrected chi connectivity index (χ3v) is 3.88. The summed E-state index contributed by atoms with van der Waals surface area (Å²) in [6.07, 6.45) is 4.57. The fourth-order valence-electron chi connectivity index (χ4n) is 2.67. The van der Waals surface area contributed by atoms with E-state index < -0.39 is 0 Å². The lowest BCUT2D eigenvalue weighted by Crippen LogP contribution is -2.35. The van der Waals surface area contributed by atoms with Crippen molar-refractivity contribution in [2.75, 3.05) is 24.5 Å². The largest absolute Gasteiger partial charge is 0.341 e. The summed E-state index contributed by atoms with van der Waals surface area (Å²) in [5.74, 6) is 2.33. The Kier molecular flexibility index (Phi) is 5.35. The van der Waals surface area contributed by atoms with Gasteiger partial charge in [-0.15, -0.1) is 0 Å². The van der Waals surface area contributed by atoms with Gasteiger partial charge >= 0.3 is 0 Å². The van der Waals surface area contributed by atoms with Crippen LogP contribution in [0.15, 0.2) is 6.20 Å². The topological polar surface area (TPSA) is 41.1 Å². The highest BCUT2D eigenvalue weighted by molar-refractivity contribution is 5.33. The second kappa shape index (κ2) is 7.02. The van der Waals surface area contributed by atoms with Crippen molar-refractivity contribution in [1.29, 1.82) is 0 Å². The summed E-state index contributed by atoms with van der Waals surface area (Å²) in [6, 6.07) is 0. The Labute approximate surface area is 123 Å². The van der Waals surface area contributed by atoms with Crippen LogP contribution >= 0.6 is 0 Å². The molecule has 1 saturated heterocycles. The van der Waals surface area contributed by atoms with Crippen LogP contribution in [0.25, 0.3) is 0 Å². The fourth-order valence-corrected chi connectivity index (χ4v) is 2.67. The van der Waals surface area contributed by atoms with E-state index in [1.54, 1.807) is 0 Å². The van der Waals surface area contributed by atoms with E-state index in [1.165, 1.54) is 18.4 Å². The zero-order chi connectivity index (χ0) is 14.5. The molecule has 1 fully saturated rings. The van der Waals surface area contributed by atoms with Crippen LogP contribution in [-0.4, -0.2) is 29.6 Å². The maximum Gasteiger partial charge on any atom is 0.225 e. The van der Waals surface area contributed by atoms with Crippen molar-refractivity contribution < 1.29 is 0 Å². The Balaban J connectivity index is 1.98. The van der Waals surface area contributed by atoms with Crippen LogP contribution in [0.4, 0.5) is 5.95 Å². The van der Waals surface area contributed by atoms with E-state index in [1.807, 2.05) is 6.20 Å². The number of hydrogen-bond acceptors (Lipinski definition) is 4. The SMILES string of the molecule is Cc1nc(N2CCCC(C)C2)ncc1CNCC(C)C. The molecule has 0 bridgehead atoms. The number of piperidine rings is 1. The molecule has 4 nitrogen and oxygen atoms in total. The van der Waals surface area contributed by atoms with Gasteiger partial charge in [0.1, 0.15) is 0 Å². The molecule has 1 aromatic heterocycles. The molecule has 0 aromatic carbocycles. The number of nitrogens with zero attached hydrogens (tertiary/aromatic N) is 3. The number of aromatic nitrogens is 2. The Bertz CT molecular complexity index is 430. The first-order valence-corrected chi connectivity index (χ1v) is 7.84. The average molecular weight is 276 g/mol. The number of hydrogen-bond donors (Lipinski definition) is 1. The summed E-state index contributed by atoms with van der Waals surface area (Å²) in [7, 11) is 0. The van der Waals surface area contributed by atoms with Gasteiger partial charge in [0, 0.05) is 37.1 Å². The van der Waals surface area contributed by atoms with Gasteiger partial charge in [-0.3, -0.25) is 0 Å². The highest BCUT2D eigenvalue weighted by Crippen LogP contribution is 2.20. The normalized spacial score (nSPS) is 19.6. The molecule has 1 N–H and O–H groups in total.